The summed E-state index contributed by atoms with van der Waals surface area (Å²) in [5.41, 5.74) is 3.99. The van der Waals surface area contributed by atoms with Crippen LogP contribution in [0.2, 0.25) is 0 Å². The van der Waals surface area contributed by atoms with Crippen LogP contribution in [0.3, 0.4) is 0 Å². The van der Waals surface area contributed by atoms with E-state index in [1.807, 2.05) is 32.9 Å². The second-order valence-corrected chi connectivity index (χ2v) is 8.17. The number of nitrogens with zero attached hydrogens (tertiary/aromatic N) is 1. The molecule has 7 heteroatoms. The molecule has 0 saturated carbocycles. The molecule has 0 radical (unpaired) electrons. The average Bonchev–Trinajstić information content (AvgIpc) is 2.55. The molecule has 1 N–H and O–H groups in total. The van der Waals surface area contributed by atoms with Crippen LogP contribution < -0.4 is 14.4 Å². The summed E-state index contributed by atoms with van der Waals surface area (Å²) in [6.45, 7) is 5.46. The molecule has 0 bridgehead atoms. The number of hydrogen-bond donors (Lipinski definition) is 1. The first-order chi connectivity index (χ1) is 12.1. The smallest absolute Gasteiger partial charge is 0.245 e. The molecule has 6 nitrogen and oxygen atoms in total. The third-order valence-corrected chi connectivity index (χ3v) is 5.11. The topological polar surface area (TPSA) is 75.7 Å². The van der Waals surface area contributed by atoms with Crippen LogP contribution in [-0.4, -0.2) is 34.2 Å². The van der Waals surface area contributed by atoms with E-state index in [4.69, 9.17) is 4.74 Å². The van der Waals surface area contributed by atoms with Gasteiger partial charge >= 0.3 is 0 Å². The fraction of sp³-hybridized carbons (Fsp3) is 0.316. The summed E-state index contributed by atoms with van der Waals surface area (Å²) >= 11 is 0. The average molecular weight is 376 g/mol. The van der Waals surface area contributed by atoms with Crippen LogP contribution in [-0.2, 0) is 14.8 Å². The molecule has 2 rings (SSSR count). The molecule has 0 saturated heterocycles. The van der Waals surface area contributed by atoms with Crippen molar-refractivity contribution in [3.8, 4) is 5.75 Å². The predicted octanol–water partition coefficient (Wildman–Crippen LogP) is 3.03. The van der Waals surface area contributed by atoms with Gasteiger partial charge in [0.1, 0.15) is 12.3 Å². The van der Waals surface area contributed by atoms with E-state index in [1.54, 1.807) is 24.3 Å². The molecule has 0 spiro atoms. The Morgan fingerprint density at radius 3 is 2.23 bits per heavy atom. The molecular weight excluding hydrogens is 352 g/mol. The van der Waals surface area contributed by atoms with Crippen molar-refractivity contribution in [2.45, 2.75) is 20.8 Å². The van der Waals surface area contributed by atoms with Crippen LogP contribution in [0.1, 0.15) is 16.7 Å². The normalized spacial score (nSPS) is 11.1. The zero-order valence-electron chi connectivity index (χ0n) is 15.7. The third-order valence-electron chi connectivity index (χ3n) is 3.98. The Morgan fingerprint density at radius 1 is 1.12 bits per heavy atom. The van der Waals surface area contributed by atoms with Gasteiger partial charge in [-0.15, -0.1) is 0 Å². The van der Waals surface area contributed by atoms with Crippen molar-refractivity contribution in [3.05, 3.63) is 53.1 Å². The standard InChI is InChI=1S/C19H24N2O4S/c1-13-10-14(2)19(15(3)11-13)20-18(22)12-21(26(5,23)24)16-8-6-7-9-17(16)25-4/h6-11H,12H2,1-5H3,(H,20,22). The lowest BCUT2D eigenvalue weighted by molar-refractivity contribution is -0.114. The van der Waals surface area contributed by atoms with Crippen molar-refractivity contribution in [1.29, 1.82) is 0 Å². The van der Waals surface area contributed by atoms with Gasteiger partial charge in [0.05, 0.1) is 19.1 Å². The highest BCUT2D eigenvalue weighted by Gasteiger charge is 2.24. The van der Waals surface area contributed by atoms with E-state index < -0.39 is 15.9 Å². The van der Waals surface area contributed by atoms with Crippen molar-refractivity contribution in [1.82, 2.24) is 0 Å². The number of carbonyl (C=O) groups is 1. The maximum Gasteiger partial charge on any atom is 0.245 e. The first-order valence-electron chi connectivity index (χ1n) is 8.12. The van der Waals surface area contributed by atoms with Gasteiger partial charge in [0, 0.05) is 5.69 Å². The van der Waals surface area contributed by atoms with Crippen LogP contribution >= 0.6 is 0 Å². The van der Waals surface area contributed by atoms with Gasteiger partial charge in [-0.25, -0.2) is 8.42 Å². The van der Waals surface area contributed by atoms with Gasteiger partial charge in [0.25, 0.3) is 0 Å². The highest BCUT2D eigenvalue weighted by atomic mass is 32.2. The van der Waals surface area contributed by atoms with Crippen LogP contribution in [0.4, 0.5) is 11.4 Å². The number of anilines is 2. The van der Waals surface area contributed by atoms with Gasteiger partial charge < -0.3 is 10.1 Å². The number of para-hydroxylation sites is 2. The Kier molecular flexibility index (Phi) is 5.92. The first kappa shape index (κ1) is 19.8. The highest BCUT2D eigenvalue weighted by Crippen LogP contribution is 2.29. The van der Waals surface area contributed by atoms with E-state index in [2.05, 4.69) is 5.32 Å². The molecule has 0 aromatic heterocycles. The van der Waals surface area contributed by atoms with Crippen molar-refractivity contribution in [2.75, 3.05) is 29.5 Å². The van der Waals surface area contributed by atoms with E-state index in [0.717, 1.165) is 27.3 Å². The lowest BCUT2D eigenvalue weighted by Crippen LogP contribution is -2.37. The number of benzene rings is 2. The zero-order chi connectivity index (χ0) is 19.5. The molecule has 26 heavy (non-hydrogen) atoms. The van der Waals surface area contributed by atoms with Gasteiger partial charge in [-0.3, -0.25) is 9.10 Å². The maximum absolute atomic E-state index is 12.6. The second-order valence-electron chi connectivity index (χ2n) is 6.26. The van der Waals surface area contributed by atoms with Crippen molar-refractivity contribution < 1.29 is 17.9 Å². The molecule has 140 valence electrons. The minimum Gasteiger partial charge on any atom is -0.495 e. The Morgan fingerprint density at radius 2 is 1.69 bits per heavy atom. The first-order valence-corrected chi connectivity index (χ1v) is 9.96. The summed E-state index contributed by atoms with van der Waals surface area (Å²) in [5, 5.41) is 2.83. The molecule has 0 heterocycles. The maximum atomic E-state index is 12.6. The van der Waals surface area contributed by atoms with Crippen LogP contribution in [0, 0.1) is 20.8 Å². The largest absolute Gasteiger partial charge is 0.495 e. The fourth-order valence-corrected chi connectivity index (χ4v) is 3.76. The van der Waals surface area contributed by atoms with Crippen LogP contribution in [0.5, 0.6) is 5.75 Å². The molecule has 0 aliphatic carbocycles. The van der Waals surface area contributed by atoms with Gasteiger partial charge in [-0.2, -0.15) is 0 Å². The van der Waals surface area contributed by atoms with E-state index in [-0.39, 0.29) is 6.54 Å². The van der Waals surface area contributed by atoms with Crippen molar-refractivity contribution >= 4 is 27.3 Å². The van der Waals surface area contributed by atoms with Crippen molar-refractivity contribution in [2.24, 2.45) is 0 Å². The number of amides is 1. The molecule has 1 amide bonds. The quantitative estimate of drug-likeness (QED) is 0.841. The summed E-state index contributed by atoms with van der Waals surface area (Å²) in [6.07, 6.45) is 1.06. The number of hydrogen-bond acceptors (Lipinski definition) is 4. The van der Waals surface area contributed by atoms with Crippen LogP contribution in [0.15, 0.2) is 36.4 Å². The molecule has 0 fully saturated rings. The zero-order valence-corrected chi connectivity index (χ0v) is 16.5. The van der Waals surface area contributed by atoms with Crippen molar-refractivity contribution in [3.63, 3.8) is 0 Å². The summed E-state index contributed by atoms with van der Waals surface area (Å²) in [7, 11) is -2.22. The minimum absolute atomic E-state index is 0.324. The monoisotopic (exact) mass is 376 g/mol. The van der Waals surface area contributed by atoms with Gasteiger partial charge in [0.15, 0.2) is 0 Å². The molecule has 2 aromatic carbocycles. The predicted molar refractivity (Wildman–Crippen MR) is 104 cm³/mol. The Bertz CT molecular complexity index is 900. The van der Waals surface area contributed by atoms with Crippen LogP contribution in [0.25, 0.3) is 0 Å². The van der Waals surface area contributed by atoms with Gasteiger partial charge in [0.2, 0.25) is 15.9 Å². The number of methoxy groups -OCH3 is 1. The second kappa shape index (κ2) is 7.78. The number of sulfonamides is 1. The molecule has 2 aromatic rings. The number of nitrogens with one attached hydrogen (secondary N) is 1. The Balaban J connectivity index is 2.32. The Hall–Kier alpha value is -2.54. The lowest BCUT2D eigenvalue weighted by atomic mass is 10.1. The highest BCUT2D eigenvalue weighted by molar-refractivity contribution is 7.92. The summed E-state index contributed by atoms with van der Waals surface area (Å²) < 4.78 is 30.8. The third kappa shape index (κ3) is 4.54. The summed E-state index contributed by atoms with van der Waals surface area (Å²) in [6, 6.07) is 10.6. The van der Waals surface area contributed by atoms with E-state index in [1.165, 1.54) is 7.11 Å². The molecule has 0 atom stereocenters. The summed E-state index contributed by atoms with van der Waals surface area (Å²) in [5.74, 6) is -0.0372. The lowest BCUT2D eigenvalue weighted by Gasteiger charge is -2.24. The number of rotatable bonds is 6. The number of carbonyl (C=O) groups excluding carboxylic acids is 1. The molecule has 0 aliphatic heterocycles. The van der Waals surface area contributed by atoms with E-state index >= 15 is 0 Å². The fourth-order valence-electron chi connectivity index (χ4n) is 2.90. The molecular formula is C19H24N2O4S. The molecule has 0 unspecified atom stereocenters. The number of aryl methyl sites for hydroxylation is 3. The van der Waals surface area contributed by atoms with E-state index in [0.29, 0.717) is 17.1 Å². The summed E-state index contributed by atoms with van der Waals surface area (Å²) in [4.78, 5) is 12.6. The molecule has 0 aliphatic rings. The minimum atomic E-state index is -3.67. The van der Waals surface area contributed by atoms with Gasteiger partial charge in [-0.05, 0) is 44.0 Å². The Labute approximate surface area is 154 Å². The number of ether oxygens (including phenoxy) is 1. The van der Waals surface area contributed by atoms with Gasteiger partial charge in [-0.1, -0.05) is 29.8 Å². The SMILES string of the molecule is COc1ccccc1N(CC(=O)Nc1c(C)cc(C)cc1C)S(C)(=O)=O. The van der Waals surface area contributed by atoms with E-state index in [9.17, 15) is 13.2 Å².